The average molecular weight is 248 g/mol. The predicted octanol–water partition coefficient (Wildman–Crippen LogP) is 1.98. The van der Waals surface area contributed by atoms with E-state index in [1.54, 1.807) is 20.5 Å². The molecule has 0 unspecified atom stereocenters. The number of nitrogens with one attached hydrogen (secondary N) is 1. The van der Waals surface area contributed by atoms with Gasteiger partial charge in [0.25, 0.3) is 0 Å². The van der Waals surface area contributed by atoms with Crippen molar-refractivity contribution in [1.82, 2.24) is 10.5 Å². The van der Waals surface area contributed by atoms with Crippen molar-refractivity contribution in [3.05, 3.63) is 41.8 Å². The molecule has 2 rings (SSSR count). The van der Waals surface area contributed by atoms with Crippen molar-refractivity contribution < 1.29 is 14.0 Å². The van der Waals surface area contributed by atoms with Crippen molar-refractivity contribution in [2.24, 2.45) is 0 Å². The van der Waals surface area contributed by atoms with E-state index in [9.17, 15) is 0 Å². The van der Waals surface area contributed by atoms with Crippen LogP contribution < -0.4 is 14.8 Å². The lowest BCUT2D eigenvalue weighted by Crippen LogP contribution is -2.13. The molecule has 0 fully saturated rings. The molecule has 0 saturated heterocycles. The van der Waals surface area contributed by atoms with Gasteiger partial charge in [0.05, 0.1) is 19.9 Å². The van der Waals surface area contributed by atoms with Crippen LogP contribution in [0.15, 0.2) is 35.1 Å². The summed E-state index contributed by atoms with van der Waals surface area (Å²) in [4.78, 5) is 0. The quantitative estimate of drug-likeness (QED) is 0.847. The Labute approximate surface area is 106 Å². The minimum absolute atomic E-state index is 0.658. The molecule has 0 spiro atoms. The van der Waals surface area contributed by atoms with Crippen molar-refractivity contribution in [3.63, 3.8) is 0 Å². The monoisotopic (exact) mass is 248 g/mol. The van der Waals surface area contributed by atoms with Crippen molar-refractivity contribution >= 4 is 0 Å². The van der Waals surface area contributed by atoms with E-state index < -0.39 is 0 Å². The van der Waals surface area contributed by atoms with Crippen molar-refractivity contribution in [1.29, 1.82) is 0 Å². The Hall–Kier alpha value is -2.01. The van der Waals surface area contributed by atoms with Gasteiger partial charge in [0.15, 0.2) is 0 Å². The average Bonchev–Trinajstić information content (AvgIpc) is 2.92. The second kappa shape index (κ2) is 6.07. The minimum Gasteiger partial charge on any atom is -0.497 e. The minimum atomic E-state index is 0.658. The van der Waals surface area contributed by atoms with Crippen molar-refractivity contribution in [3.8, 4) is 11.5 Å². The molecule has 1 aromatic heterocycles. The summed E-state index contributed by atoms with van der Waals surface area (Å²) < 4.78 is 15.2. The largest absolute Gasteiger partial charge is 0.497 e. The lowest BCUT2D eigenvalue weighted by Gasteiger charge is -2.10. The zero-order valence-electron chi connectivity index (χ0n) is 10.5. The standard InChI is InChI=1S/C13H16N2O3/c1-16-12-4-3-10(13(7-12)17-2)8-14-9-11-5-6-18-15-11/h3-7,14H,8-9H2,1-2H3. The van der Waals surface area contributed by atoms with Crippen LogP contribution in [0.5, 0.6) is 11.5 Å². The summed E-state index contributed by atoms with van der Waals surface area (Å²) in [6, 6.07) is 7.59. The molecule has 0 aliphatic heterocycles. The van der Waals surface area contributed by atoms with Crippen molar-refractivity contribution in [2.45, 2.75) is 13.1 Å². The number of ether oxygens (including phenoxy) is 2. The van der Waals surface area contributed by atoms with Crippen LogP contribution >= 0.6 is 0 Å². The predicted molar refractivity (Wildman–Crippen MR) is 66.6 cm³/mol. The van der Waals surface area contributed by atoms with Gasteiger partial charge < -0.3 is 19.3 Å². The summed E-state index contributed by atoms with van der Waals surface area (Å²) in [5.74, 6) is 1.59. The van der Waals surface area contributed by atoms with E-state index in [4.69, 9.17) is 14.0 Å². The van der Waals surface area contributed by atoms with E-state index in [1.807, 2.05) is 24.3 Å². The molecule has 2 aromatic rings. The third-order valence-corrected chi connectivity index (χ3v) is 2.61. The topological polar surface area (TPSA) is 56.5 Å². The number of aromatic nitrogens is 1. The Bertz CT molecular complexity index is 483. The first-order valence-corrected chi connectivity index (χ1v) is 5.64. The Morgan fingerprint density at radius 2 is 2.06 bits per heavy atom. The van der Waals surface area contributed by atoms with E-state index >= 15 is 0 Å². The first kappa shape index (κ1) is 12.4. The van der Waals surface area contributed by atoms with Gasteiger partial charge in [0, 0.05) is 30.8 Å². The van der Waals surface area contributed by atoms with Crippen LogP contribution in [0.2, 0.25) is 0 Å². The highest BCUT2D eigenvalue weighted by Gasteiger charge is 2.05. The molecule has 0 saturated carbocycles. The molecule has 0 atom stereocenters. The number of benzene rings is 1. The van der Waals surface area contributed by atoms with Crippen LogP contribution in [0, 0.1) is 0 Å². The van der Waals surface area contributed by atoms with Gasteiger partial charge in [-0.3, -0.25) is 0 Å². The van der Waals surface area contributed by atoms with Gasteiger partial charge in [0.2, 0.25) is 0 Å². The number of methoxy groups -OCH3 is 2. The first-order chi connectivity index (χ1) is 8.83. The molecule has 0 bridgehead atoms. The Kier molecular flexibility index (Phi) is 4.20. The Morgan fingerprint density at radius 1 is 1.17 bits per heavy atom. The molecular formula is C13H16N2O3. The third kappa shape index (κ3) is 3.01. The fourth-order valence-corrected chi connectivity index (χ4v) is 1.65. The second-order valence-corrected chi connectivity index (χ2v) is 3.77. The maximum Gasteiger partial charge on any atom is 0.127 e. The molecule has 5 heteroatoms. The molecule has 1 heterocycles. The lowest BCUT2D eigenvalue weighted by atomic mass is 10.2. The number of hydrogen-bond acceptors (Lipinski definition) is 5. The summed E-state index contributed by atoms with van der Waals surface area (Å²) in [6.45, 7) is 1.35. The molecule has 1 aromatic carbocycles. The molecule has 18 heavy (non-hydrogen) atoms. The van der Waals surface area contributed by atoms with Gasteiger partial charge in [-0.15, -0.1) is 0 Å². The number of hydrogen-bond donors (Lipinski definition) is 1. The van der Waals surface area contributed by atoms with E-state index in [0.717, 1.165) is 22.8 Å². The zero-order valence-corrected chi connectivity index (χ0v) is 10.5. The molecule has 0 amide bonds. The fourth-order valence-electron chi connectivity index (χ4n) is 1.65. The maximum atomic E-state index is 5.32. The van der Waals surface area contributed by atoms with E-state index in [-0.39, 0.29) is 0 Å². The van der Waals surface area contributed by atoms with Crippen LogP contribution in [-0.2, 0) is 13.1 Å². The van der Waals surface area contributed by atoms with Gasteiger partial charge >= 0.3 is 0 Å². The number of rotatable bonds is 6. The van der Waals surface area contributed by atoms with Crippen LogP contribution in [0.1, 0.15) is 11.3 Å². The second-order valence-electron chi connectivity index (χ2n) is 3.77. The maximum absolute atomic E-state index is 5.32. The van der Waals surface area contributed by atoms with Gasteiger partial charge in [0.1, 0.15) is 17.8 Å². The third-order valence-electron chi connectivity index (χ3n) is 2.61. The molecular weight excluding hydrogens is 232 g/mol. The van der Waals surface area contributed by atoms with Crippen LogP contribution in [0.4, 0.5) is 0 Å². The zero-order chi connectivity index (χ0) is 12.8. The van der Waals surface area contributed by atoms with E-state index in [2.05, 4.69) is 10.5 Å². The van der Waals surface area contributed by atoms with Crippen LogP contribution in [-0.4, -0.2) is 19.4 Å². The van der Waals surface area contributed by atoms with Gasteiger partial charge in [-0.2, -0.15) is 0 Å². The van der Waals surface area contributed by atoms with Crippen LogP contribution in [0.25, 0.3) is 0 Å². The highest BCUT2D eigenvalue weighted by atomic mass is 16.5. The summed E-state index contributed by atoms with van der Waals surface area (Å²) >= 11 is 0. The van der Waals surface area contributed by atoms with Gasteiger partial charge in [-0.1, -0.05) is 11.2 Å². The molecule has 0 radical (unpaired) electrons. The molecule has 96 valence electrons. The normalized spacial score (nSPS) is 10.3. The van der Waals surface area contributed by atoms with Crippen molar-refractivity contribution in [2.75, 3.05) is 14.2 Å². The summed E-state index contributed by atoms with van der Waals surface area (Å²) in [7, 11) is 3.28. The van der Waals surface area contributed by atoms with Crippen LogP contribution in [0.3, 0.4) is 0 Å². The SMILES string of the molecule is COc1ccc(CNCc2ccon2)c(OC)c1. The van der Waals surface area contributed by atoms with E-state index in [1.165, 1.54) is 0 Å². The van der Waals surface area contributed by atoms with E-state index in [0.29, 0.717) is 13.1 Å². The highest BCUT2D eigenvalue weighted by Crippen LogP contribution is 2.24. The molecule has 0 aliphatic rings. The smallest absolute Gasteiger partial charge is 0.127 e. The summed E-state index contributed by atoms with van der Waals surface area (Å²) in [5, 5.41) is 7.10. The molecule has 1 N–H and O–H groups in total. The summed E-state index contributed by atoms with van der Waals surface area (Å²) in [6.07, 6.45) is 1.56. The Balaban J connectivity index is 1.96. The molecule has 5 nitrogen and oxygen atoms in total. The number of nitrogens with zero attached hydrogens (tertiary/aromatic N) is 1. The van der Waals surface area contributed by atoms with Gasteiger partial charge in [-0.25, -0.2) is 0 Å². The first-order valence-electron chi connectivity index (χ1n) is 5.64. The Morgan fingerprint density at radius 3 is 2.72 bits per heavy atom. The highest BCUT2D eigenvalue weighted by molar-refractivity contribution is 5.40. The fraction of sp³-hybridized carbons (Fsp3) is 0.308. The summed E-state index contributed by atoms with van der Waals surface area (Å²) in [5.41, 5.74) is 1.95. The van der Waals surface area contributed by atoms with Gasteiger partial charge in [-0.05, 0) is 6.07 Å². The molecule has 0 aliphatic carbocycles. The lowest BCUT2D eigenvalue weighted by molar-refractivity contribution is 0.389.